The van der Waals surface area contributed by atoms with Crippen LogP contribution in [0.4, 0.5) is 17.1 Å². The van der Waals surface area contributed by atoms with Crippen LogP contribution in [0.5, 0.6) is 0 Å². The molecule has 150 heavy (non-hydrogen) atoms. The van der Waals surface area contributed by atoms with E-state index >= 15 is 0 Å². The number of thiophene rings is 4. The number of nitrogens with zero attached hydrogens (tertiary/aromatic N) is 12. The lowest BCUT2D eigenvalue weighted by atomic mass is 10.1. The number of anilines is 3. The molecule has 2 saturated heterocycles. The molecule has 20 rings (SSSR count). The molecule has 12 heterocycles. The fraction of sp³-hybridized carbons (Fsp3) is 0.287. The number of hydrogen-bond acceptors (Lipinski definition) is 32. The van der Waals surface area contributed by atoms with Crippen LogP contribution in [0.3, 0.4) is 0 Å². The summed E-state index contributed by atoms with van der Waals surface area (Å²) in [6, 6.07) is 60.8. The zero-order valence-corrected chi connectivity index (χ0v) is 91.1. The Balaban J connectivity index is 0.000000136. The molecule has 8 aromatic heterocycles. The number of carbonyl (C=O) groups excluding carboxylic acids is 4. The summed E-state index contributed by atoms with van der Waals surface area (Å²) in [4.78, 5) is 135. The van der Waals surface area contributed by atoms with Crippen molar-refractivity contribution in [2.45, 2.75) is 103 Å². The van der Waals surface area contributed by atoms with Gasteiger partial charge in [0.25, 0.3) is 22.2 Å². The summed E-state index contributed by atoms with van der Waals surface area (Å²) < 4.78 is 113. The Morgan fingerprint density at radius 3 is 1.07 bits per heavy atom. The number of carbonyl (C=O) groups is 4. The van der Waals surface area contributed by atoms with Crippen molar-refractivity contribution in [3.63, 3.8) is 0 Å². The van der Waals surface area contributed by atoms with Gasteiger partial charge in [-0.1, -0.05) is 77.8 Å². The second kappa shape index (κ2) is 46.8. The Morgan fingerprint density at radius 2 is 0.727 bits per heavy atom. The summed E-state index contributed by atoms with van der Waals surface area (Å²) in [5.74, 6) is -0.758. The average molecular weight is 2210 g/mol. The van der Waals surface area contributed by atoms with Crippen LogP contribution in [-0.2, 0) is 95.4 Å². The minimum Gasteiger partial charge on any atom is -0.384 e. The van der Waals surface area contributed by atoms with Gasteiger partial charge in [0.05, 0.1) is 94.8 Å². The van der Waals surface area contributed by atoms with Crippen LogP contribution in [0.15, 0.2) is 253 Å². The molecule has 8 aromatic carbocycles. The van der Waals surface area contributed by atoms with Gasteiger partial charge >= 0.3 is 0 Å². The van der Waals surface area contributed by atoms with E-state index in [-0.39, 0.29) is 76.3 Å². The highest BCUT2D eigenvalue weighted by molar-refractivity contribution is 7.95. The van der Waals surface area contributed by atoms with E-state index in [0.717, 1.165) is 158 Å². The van der Waals surface area contributed by atoms with Crippen molar-refractivity contribution in [1.82, 2.24) is 52.9 Å². The van der Waals surface area contributed by atoms with Crippen LogP contribution in [0.2, 0.25) is 8.67 Å². The van der Waals surface area contributed by atoms with Crippen LogP contribution in [-0.4, -0.2) is 231 Å². The molecular weight excluding hydrogens is 2110 g/mol. The smallest absolute Gasteiger partial charge is 0.265 e. The number of Topliss-reactive ketones (excluding diaryl/α,β-unsaturated/α-hetero) is 4. The number of rotatable bonds is 33. The normalized spacial score (nSPS) is 13.9. The van der Waals surface area contributed by atoms with Crippen LogP contribution >= 0.6 is 68.5 Å². The lowest BCUT2D eigenvalue weighted by Gasteiger charge is -2.26. The van der Waals surface area contributed by atoms with Crippen LogP contribution in [0, 0.1) is 41.5 Å². The topological polar surface area (TPSA) is 412 Å². The van der Waals surface area contributed by atoms with Crippen LogP contribution in [0.25, 0.3) is 66.4 Å². The van der Waals surface area contributed by atoms with Crippen molar-refractivity contribution in [1.29, 1.82) is 0 Å². The lowest BCUT2D eigenvalue weighted by molar-refractivity contribution is -0.116. The molecule has 0 spiro atoms. The first-order chi connectivity index (χ1) is 71.7. The third-order valence-corrected chi connectivity index (χ3v) is 39.3. The number of ketones is 4. The maximum Gasteiger partial charge on any atom is 0.265 e. The first-order valence-corrected chi connectivity index (χ1v) is 59.0. The fourth-order valence-electron chi connectivity index (χ4n) is 18.3. The minimum absolute atomic E-state index is 0.00513. The van der Waals surface area contributed by atoms with Crippen molar-refractivity contribution in [3.8, 4) is 22.7 Å². The number of likely N-dealkylation sites (N-methyl/N-ethyl adjacent to an activating group) is 1. The SMILES string of the molecule is Cc1ccc(S(=O)(=O)CC(=O)Cc2ccc(-n3c(C)nc4cc(C5=NCCN5C)ccc4c3=O)cc2)s1.Cc1ccc(S(=O)(=O)CC(=O)Cc2ccc(-n3c(C)nc4cc5c(cc4c3=O)CCN5)cc2)s1.Cc1nc2cc(NCCN3CCCC3)ccc2c(=O)n1-c1ccc(CC(=O)CS(=O)(=O)c2ccc(Cl)s2)cc1.Cc1nc2cc(NCCN3CCOCC3)ccc2c(=O)n1-c1ccc(CC(=O)CS(=O)(=O)c2ccc(Cl)s2)cc1. The van der Waals surface area contributed by atoms with Crippen molar-refractivity contribution >= 4 is 198 Å². The maximum absolute atomic E-state index is 13.4. The van der Waals surface area contributed by atoms with E-state index in [2.05, 4.69) is 55.6 Å². The Morgan fingerprint density at radius 1 is 0.387 bits per heavy atom. The van der Waals surface area contributed by atoms with E-state index in [1.807, 2.05) is 69.4 Å². The number of ether oxygens (including phenoxy) is 1. The van der Waals surface area contributed by atoms with E-state index in [0.29, 0.717) is 121 Å². The molecule has 0 saturated carbocycles. The minimum atomic E-state index is -3.74. The maximum atomic E-state index is 13.4. The molecule has 32 nitrogen and oxygen atoms in total. The molecule has 42 heteroatoms. The molecule has 0 unspecified atom stereocenters. The number of aryl methyl sites for hydroxylation is 6. The second-order valence-corrected chi connectivity index (χ2v) is 51.9. The van der Waals surface area contributed by atoms with Gasteiger partial charge in [-0.05, 0) is 259 Å². The zero-order valence-electron chi connectivity index (χ0n) is 83.0. The van der Waals surface area contributed by atoms with Gasteiger partial charge in [-0.2, -0.15) is 0 Å². The van der Waals surface area contributed by atoms with Gasteiger partial charge < -0.3 is 30.5 Å². The van der Waals surface area contributed by atoms with Gasteiger partial charge in [-0.3, -0.25) is 66.5 Å². The number of amidine groups is 1. The number of sulfone groups is 4. The number of fused-ring (bicyclic) bond motifs is 5. The monoisotopic (exact) mass is 2210 g/mol. The molecule has 4 aliphatic rings. The number of morpholine rings is 1. The molecule has 778 valence electrons. The quantitative estimate of drug-likeness (QED) is 0.0344. The second-order valence-electron chi connectivity index (χ2n) is 37.0. The van der Waals surface area contributed by atoms with Gasteiger partial charge in [-0.25, -0.2) is 53.6 Å². The number of benzene rings is 8. The number of aromatic nitrogens is 8. The fourth-order valence-corrected chi connectivity index (χ4v) is 29.2. The molecule has 16 aromatic rings. The highest BCUT2D eigenvalue weighted by Gasteiger charge is 2.29. The Kier molecular flexibility index (Phi) is 33.8. The number of hydrogen-bond donors (Lipinski definition) is 3. The Hall–Kier alpha value is -13.1. The third kappa shape index (κ3) is 26.0. The van der Waals surface area contributed by atoms with Crippen molar-refractivity contribution in [2.24, 2.45) is 4.99 Å². The Bertz CT molecular complexity index is 8700. The van der Waals surface area contributed by atoms with Gasteiger partial charge in [0.2, 0.25) is 0 Å². The summed E-state index contributed by atoms with van der Waals surface area (Å²) in [6.45, 7) is 22.5. The summed E-state index contributed by atoms with van der Waals surface area (Å²) in [5.41, 5.74) is 11.9. The highest BCUT2D eigenvalue weighted by atomic mass is 35.5. The molecule has 0 amide bonds. The van der Waals surface area contributed by atoms with E-state index in [1.54, 1.807) is 170 Å². The molecule has 0 aliphatic carbocycles. The van der Waals surface area contributed by atoms with Crippen LogP contribution in [0.1, 0.15) is 79.3 Å². The third-order valence-electron chi connectivity index (χ3n) is 25.8. The van der Waals surface area contributed by atoms with Gasteiger partial charge in [-0.15, -0.1) is 45.3 Å². The number of nitrogens with one attached hydrogen (secondary N) is 3. The van der Waals surface area contributed by atoms with Gasteiger partial charge in [0, 0.05) is 117 Å². The molecule has 0 radical (unpaired) electrons. The van der Waals surface area contributed by atoms with E-state index in [1.165, 1.54) is 75.0 Å². The van der Waals surface area contributed by atoms with Gasteiger partial charge in [0.15, 0.2) is 62.5 Å². The van der Waals surface area contributed by atoms with E-state index < -0.39 is 73.9 Å². The van der Waals surface area contributed by atoms with Gasteiger partial charge in [0.1, 0.15) is 69.0 Å². The number of halogens is 2. The number of aliphatic imine (C=N–C) groups is 1. The lowest BCUT2D eigenvalue weighted by Crippen LogP contribution is -2.39. The first kappa shape index (κ1) is 108. The highest BCUT2D eigenvalue weighted by Crippen LogP contribution is 2.33. The summed E-state index contributed by atoms with van der Waals surface area (Å²) in [7, 11) is -12.8. The summed E-state index contributed by atoms with van der Waals surface area (Å²) in [5, 5.41) is 12.3. The number of likely N-dealkylation sites (tertiary alicyclic amines) is 1. The molecular formula is C108H107Cl2N15O17S8. The molecule has 4 aliphatic heterocycles. The zero-order chi connectivity index (χ0) is 106. The van der Waals surface area contributed by atoms with Crippen molar-refractivity contribution < 1.29 is 57.6 Å². The largest absolute Gasteiger partial charge is 0.384 e. The molecule has 0 bridgehead atoms. The van der Waals surface area contributed by atoms with E-state index in [9.17, 15) is 72.0 Å². The first-order valence-electron chi connectivity index (χ1n) is 48.4. The van der Waals surface area contributed by atoms with Crippen molar-refractivity contribution in [3.05, 3.63) is 329 Å². The summed E-state index contributed by atoms with van der Waals surface area (Å²) >= 11 is 15.9. The van der Waals surface area contributed by atoms with Crippen molar-refractivity contribution in [2.75, 3.05) is 131 Å². The standard InChI is InChI=1S/C28H29ClN4O5S2.C28H29ClN4O4S2.C27H26N4O4S2.C25H23N3O4S2/c1-19-31-25-17-21(30-10-11-32-12-14-38-15-13-32)4-7-24(25)28(35)33(19)22-5-2-20(3-6-22)16-23(34)18-40(36,37)27-9-8-26(29)39-27;1-19-31-25-17-21(30-12-15-32-13-2-3-14-32)6-9-24(25)28(35)33(19)22-7-4-20(5-8-22)16-23(34)18-39(36,37)27-11-10-26(29)38-27;1-17-4-11-25(36-17)37(34,35)16-22(32)14-19-5-8-21(9-6-19)31-18(2)29-24-15-20(7-10-23(24)27(31)33)26-28-12-13-30(26)3;1-15-3-8-24(33-15)34(31,32)14-20(29)11-17-4-6-19(7-5-17)28-16(2)27-23-13-22-18(9-10-26-22)12-21(23)25(28)30/h2-9,17,30H,10-16,18H2,1H3;4-11,17,30H,2-3,12-16,18H2,1H3;4-11,15H,12-14,16H2,1-3H3;3-8,12-13,26H,9-11,14H2,1-2H3. The average Bonchev–Trinajstić information content (AvgIpc) is 1.25. The summed E-state index contributed by atoms with van der Waals surface area (Å²) in [6.07, 6.45) is 3.34. The molecule has 2 fully saturated rings. The van der Waals surface area contributed by atoms with E-state index in [4.69, 9.17) is 27.9 Å². The Labute approximate surface area is 891 Å². The predicted octanol–water partition coefficient (Wildman–Crippen LogP) is 15.2. The predicted molar refractivity (Wildman–Crippen MR) is 594 cm³/mol. The van der Waals surface area contributed by atoms with Crippen LogP contribution < -0.4 is 38.2 Å². The molecule has 0 atom stereocenters. The molecule has 3 N–H and O–H groups in total.